The summed E-state index contributed by atoms with van der Waals surface area (Å²) in [5.74, 6) is -0.0651. The number of amides is 3. The van der Waals surface area contributed by atoms with Crippen molar-refractivity contribution in [2.75, 3.05) is 13.1 Å². The van der Waals surface area contributed by atoms with Crippen LogP contribution in [-0.2, 0) is 27.5 Å². The number of nitrogens with one attached hydrogen (secondary N) is 1. The molecule has 3 aliphatic heterocycles. The fourth-order valence-corrected chi connectivity index (χ4v) is 5.89. The molecule has 2 aromatic rings. The van der Waals surface area contributed by atoms with Crippen LogP contribution in [0.2, 0.25) is 0 Å². The van der Waals surface area contributed by atoms with Crippen LogP contribution in [0.4, 0.5) is 0 Å². The maximum absolute atomic E-state index is 12.9. The summed E-state index contributed by atoms with van der Waals surface area (Å²) >= 11 is 0. The fraction of sp³-hybridized carbons (Fsp3) is 0.464. The van der Waals surface area contributed by atoms with Gasteiger partial charge in [0.05, 0.1) is 12.7 Å². The molecule has 1 N–H and O–H groups in total. The lowest BCUT2D eigenvalue weighted by molar-refractivity contribution is -0.136. The average Bonchev–Trinajstić information content (AvgIpc) is 3.43. The molecule has 3 heterocycles. The van der Waals surface area contributed by atoms with Crippen LogP contribution in [0.1, 0.15) is 53.6 Å². The molecule has 0 aromatic heterocycles. The van der Waals surface area contributed by atoms with Crippen LogP contribution in [0, 0.1) is 0 Å². The Bertz CT molecular complexity index is 1160. The zero-order chi connectivity index (χ0) is 24.6. The van der Waals surface area contributed by atoms with Gasteiger partial charge in [0.25, 0.3) is 5.91 Å². The van der Waals surface area contributed by atoms with Crippen LogP contribution in [0.25, 0.3) is 0 Å². The molecule has 1 aliphatic carbocycles. The second-order valence-corrected chi connectivity index (χ2v) is 10.2. The van der Waals surface area contributed by atoms with Crippen molar-refractivity contribution in [3.8, 4) is 5.75 Å². The number of hydrogen-bond donors (Lipinski definition) is 1. The molecule has 0 spiro atoms. The van der Waals surface area contributed by atoms with Crippen molar-refractivity contribution in [1.29, 1.82) is 0 Å². The first-order valence-electron chi connectivity index (χ1n) is 12.9. The summed E-state index contributed by atoms with van der Waals surface area (Å²) in [5, 5.41) is 2.35. The summed E-state index contributed by atoms with van der Waals surface area (Å²) in [6.45, 7) is 2.86. The highest BCUT2D eigenvalue weighted by atomic mass is 16.5. The van der Waals surface area contributed by atoms with Crippen molar-refractivity contribution in [2.24, 2.45) is 0 Å². The van der Waals surface area contributed by atoms with Crippen LogP contribution in [0.15, 0.2) is 48.5 Å². The van der Waals surface area contributed by atoms with E-state index in [0.717, 1.165) is 43.7 Å². The van der Waals surface area contributed by atoms with Crippen LogP contribution < -0.4 is 10.1 Å². The first-order valence-corrected chi connectivity index (χ1v) is 12.9. The Kier molecular flexibility index (Phi) is 6.23. The second kappa shape index (κ2) is 9.67. The van der Waals surface area contributed by atoms with Gasteiger partial charge in [-0.15, -0.1) is 0 Å². The zero-order valence-electron chi connectivity index (χ0n) is 20.2. The second-order valence-electron chi connectivity index (χ2n) is 10.2. The van der Waals surface area contributed by atoms with Gasteiger partial charge in [-0.1, -0.05) is 30.3 Å². The third-order valence-electron chi connectivity index (χ3n) is 7.87. The largest absolute Gasteiger partial charge is 0.489 e. The topological polar surface area (TPSA) is 88.2 Å². The number of nitrogens with zero attached hydrogens (tertiary/aromatic N) is 2. The number of ether oxygens (including phenoxy) is 2. The van der Waals surface area contributed by atoms with Gasteiger partial charge < -0.3 is 14.4 Å². The maximum Gasteiger partial charge on any atom is 0.255 e. The van der Waals surface area contributed by atoms with E-state index >= 15 is 0 Å². The molecule has 188 valence electrons. The molecule has 3 fully saturated rings. The van der Waals surface area contributed by atoms with Crippen molar-refractivity contribution in [3.05, 3.63) is 65.2 Å². The molecule has 8 nitrogen and oxygen atoms in total. The Morgan fingerprint density at radius 2 is 1.81 bits per heavy atom. The monoisotopic (exact) mass is 489 g/mol. The summed E-state index contributed by atoms with van der Waals surface area (Å²) in [7, 11) is 0. The Morgan fingerprint density at radius 1 is 0.972 bits per heavy atom. The van der Waals surface area contributed by atoms with Gasteiger partial charge in [0, 0.05) is 37.7 Å². The quantitative estimate of drug-likeness (QED) is 0.602. The van der Waals surface area contributed by atoms with Gasteiger partial charge >= 0.3 is 0 Å². The summed E-state index contributed by atoms with van der Waals surface area (Å²) in [6.07, 6.45) is 4.25. The van der Waals surface area contributed by atoms with Crippen molar-refractivity contribution in [1.82, 2.24) is 15.1 Å². The number of rotatable bonds is 7. The Labute approximate surface area is 210 Å². The molecule has 6 rings (SSSR count). The van der Waals surface area contributed by atoms with Crippen LogP contribution in [0.5, 0.6) is 5.75 Å². The Morgan fingerprint density at radius 3 is 2.61 bits per heavy atom. The van der Waals surface area contributed by atoms with Crippen molar-refractivity contribution < 1.29 is 23.9 Å². The molecule has 3 atom stereocenters. The Hall–Kier alpha value is -3.23. The first kappa shape index (κ1) is 23.2. The van der Waals surface area contributed by atoms with E-state index in [1.54, 1.807) is 11.0 Å². The average molecular weight is 490 g/mol. The van der Waals surface area contributed by atoms with Gasteiger partial charge in [-0.25, -0.2) is 0 Å². The minimum atomic E-state index is -0.602. The smallest absolute Gasteiger partial charge is 0.255 e. The van der Waals surface area contributed by atoms with E-state index < -0.39 is 11.9 Å². The lowest BCUT2D eigenvalue weighted by Gasteiger charge is -2.44. The lowest BCUT2D eigenvalue weighted by Crippen LogP contribution is -2.58. The minimum absolute atomic E-state index is 0.112. The fourth-order valence-electron chi connectivity index (χ4n) is 5.89. The van der Waals surface area contributed by atoms with E-state index in [1.165, 1.54) is 5.56 Å². The minimum Gasteiger partial charge on any atom is -0.489 e. The summed E-state index contributed by atoms with van der Waals surface area (Å²) in [4.78, 5) is 40.8. The lowest BCUT2D eigenvalue weighted by atomic mass is 10.0. The molecule has 0 bridgehead atoms. The number of piperidine rings is 1. The molecule has 2 aromatic carbocycles. The normalized spacial score (nSPS) is 26.6. The molecule has 0 radical (unpaired) electrons. The first-order chi connectivity index (χ1) is 17.5. The summed E-state index contributed by atoms with van der Waals surface area (Å²) in [6, 6.07) is 15.6. The maximum atomic E-state index is 12.9. The number of fused-ring (bicyclic) bond motifs is 1. The number of carbonyl (C=O) groups is 3. The molecular formula is C28H31N3O5. The molecule has 3 amide bonds. The van der Waals surface area contributed by atoms with E-state index in [2.05, 4.69) is 22.3 Å². The number of hydrogen-bond acceptors (Lipinski definition) is 6. The third-order valence-corrected chi connectivity index (χ3v) is 7.87. The van der Waals surface area contributed by atoms with E-state index in [1.807, 2.05) is 30.3 Å². The van der Waals surface area contributed by atoms with Crippen LogP contribution >= 0.6 is 0 Å². The van der Waals surface area contributed by atoms with Crippen molar-refractivity contribution in [3.63, 3.8) is 0 Å². The predicted octanol–water partition coefficient (Wildman–Crippen LogP) is 2.65. The third kappa shape index (κ3) is 4.51. The van der Waals surface area contributed by atoms with Gasteiger partial charge in [0.2, 0.25) is 11.8 Å². The number of imide groups is 1. The molecule has 2 saturated heterocycles. The highest BCUT2D eigenvalue weighted by Crippen LogP contribution is 2.34. The number of benzene rings is 2. The molecule has 4 aliphatic rings. The van der Waals surface area contributed by atoms with E-state index in [0.29, 0.717) is 31.2 Å². The van der Waals surface area contributed by atoms with Gasteiger partial charge in [0.1, 0.15) is 17.9 Å². The summed E-state index contributed by atoms with van der Waals surface area (Å²) < 4.78 is 12.5. The van der Waals surface area contributed by atoms with Gasteiger partial charge in [0.15, 0.2) is 0 Å². The zero-order valence-corrected chi connectivity index (χ0v) is 20.2. The molecule has 1 saturated carbocycles. The Balaban J connectivity index is 1.05. The standard InChI is InChI=1S/C28H31N3O5/c32-26-12-11-24(27(33)29-26)31-14-19-13-20(9-10-22(19)28(31)34)36-25-8-4-7-23(25)30-15-21(16-30)35-17-18-5-2-1-3-6-18/h1-3,5-6,9-10,13,21,23-25H,4,7-8,11-12,14-17H2,(H,29,32,33)/t23-,24?,25+/m1/s1. The highest BCUT2D eigenvalue weighted by molar-refractivity contribution is 6.05. The highest BCUT2D eigenvalue weighted by Gasteiger charge is 2.42. The van der Waals surface area contributed by atoms with E-state index in [-0.39, 0.29) is 30.4 Å². The SMILES string of the molecule is O=C1CCC(N2Cc3cc(O[C@H]4CCC[C@H]4N4CC(OCc5ccccc5)C4)ccc3C2=O)C(=O)N1. The van der Waals surface area contributed by atoms with E-state index in [9.17, 15) is 14.4 Å². The van der Waals surface area contributed by atoms with Gasteiger partial charge in [-0.05, 0) is 55.0 Å². The predicted molar refractivity (Wildman–Crippen MR) is 131 cm³/mol. The van der Waals surface area contributed by atoms with Crippen LogP contribution in [0.3, 0.4) is 0 Å². The number of likely N-dealkylation sites (tertiary alicyclic amines) is 1. The van der Waals surface area contributed by atoms with Gasteiger partial charge in [-0.2, -0.15) is 0 Å². The molecule has 36 heavy (non-hydrogen) atoms. The van der Waals surface area contributed by atoms with Gasteiger partial charge in [-0.3, -0.25) is 24.6 Å². The van der Waals surface area contributed by atoms with Crippen LogP contribution in [-0.4, -0.2) is 64.9 Å². The summed E-state index contributed by atoms with van der Waals surface area (Å²) in [5.41, 5.74) is 2.68. The number of carbonyl (C=O) groups excluding carboxylic acids is 3. The van der Waals surface area contributed by atoms with Crippen molar-refractivity contribution in [2.45, 2.75) is 69.5 Å². The molecule has 1 unspecified atom stereocenters. The van der Waals surface area contributed by atoms with E-state index in [4.69, 9.17) is 9.47 Å². The molecular weight excluding hydrogens is 458 g/mol. The van der Waals surface area contributed by atoms with Crippen molar-refractivity contribution >= 4 is 17.7 Å². The molecule has 8 heteroatoms.